The van der Waals surface area contributed by atoms with Gasteiger partial charge in [-0.05, 0) is 113 Å². The zero-order valence-corrected chi connectivity index (χ0v) is 29.6. The van der Waals surface area contributed by atoms with Crippen molar-refractivity contribution in [1.82, 2.24) is 0 Å². The maximum Gasteiger partial charge on any atom is 0.242 e. The van der Waals surface area contributed by atoms with Gasteiger partial charge < -0.3 is 9.47 Å². The van der Waals surface area contributed by atoms with Crippen LogP contribution in [0.25, 0.3) is 0 Å². The molecule has 0 spiro atoms. The van der Waals surface area contributed by atoms with Gasteiger partial charge in [0.1, 0.15) is 18.0 Å². The van der Waals surface area contributed by atoms with Crippen molar-refractivity contribution in [2.24, 2.45) is 0 Å². The Labute approximate surface area is 251 Å². The lowest BCUT2D eigenvalue weighted by Gasteiger charge is -2.33. The molecular weight excluding hydrogens is 923 g/mol. The van der Waals surface area contributed by atoms with Crippen LogP contribution in [0.1, 0.15) is 38.8 Å². The van der Waals surface area contributed by atoms with E-state index in [-0.39, 0.29) is 5.41 Å². The van der Waals surface area contributed by atoms with Crippen LogP contribution in [0, 0.1) is 0 Å². The van der Waals surface area contributed by atoms with Crippen LogP contribution < -0.4 is 9.47 Å². The minimum atomic E-state index is -0.837. The van der Waals surface area contributed by atoms with Crippen LogP contribution in [0.5, 0.6) is 11.5 Å². The molecule has 0 saturated heterocycles. The van der Waals surface area contributed by atoms with E-state index in [4.69, 9.17) is 9.47 Å². The number of benzene rings is 2. The maximum atomic E-state index is 6.16. The summed E-state index contributed by atoms with van der Waals surface area (Å²) in [6.45, 7) is 8.23. The molecule has 2 rings (SSSR count). The van der Waals surface area contributed by atoms with Crippen LogP contribution in [-0.2, 0) is 5.41 Å². The van der Waals surface area contributed by atoms with Crippen molar-refractivity contribution in [3.05, 3.63) is 59.7 Å². The molecule has 0 atom stereocenters. The predicted molar refractivity (Wildman–Crippen MR) is 160 cm³/mol. The van der Waals surface area contributed by atoms with Crippen LogP contribution in [0.4, 0.5) is 0 Å². The largest absolute Gasteiger partial charge is 0.464 e. The molecule has 31 heavy (non-hydrogen) atoms. The van der Waals surface area contributed by atoms with Gasteiger partial charge in [0.25, 0.3) is 0 Å². The SMILES string of the molecule is CC(C)(c1cccc(OC(Br)(Br)C(C)(Br)Br)c1)c1cccc(OC(Br)(Br)C(C)(Br)Br)c1. The van der Waals surface area contributed by atoms with Crippen LogP contribution in [0.15, 0.2) is 48.5 Å². The maximum absolute atomic E-state index is 6.16. The standard InChI is InChI=1S/C21H20Br8O2/c1-17(2,13-7-5-9-15(11-13)30-20(26,27)18(3,22)23)14-8-6-10-16(12-14)31-21(28,29)19(4,24)25/h5-12H,1-4H3. The molecule has 0 aliphatic carbocycles. The first-order valence-electron chi connectivity index (χ1n) is 8.97. The first-order chi connectivity index (χ1) is 13.9. The Morgan fingerprint density at radius 3 is 1.16 bits per heavy atom. The van der Waals surface area contributed by atoms with Gasteiger partial charge in [-0.1, -0.05) is 102 Å². The van der Waals surface area contributed by atoms with Crippen molar-refractivity contribution >= 4 is 127 Å². The summed E-state index contributed by atoms with van der Waals surface area (Å²) in [5, 5.41) is 0. The normalized spacial score (nSPS) is 13.8. The third-order valence-electron chi connectivity index (χ3n) is 4.63. The van der Waals surface area contributed by atoms with Gasteiger partial charge in [0.2, 0.25) is 6.84 Å². The molecule has 2 nitrogen and oxygen atoms in total. The van der Waals surface area contributed by atoms with E-state index >= 15 is 0 Å². The summed E-state index contributed by atoms with van der Waals surface area (Å²) in [6, 6.07) is 16.1. The van der Waals surface area contributed by atoms with E-state index in [1.165, 1.54) is 0 Å². The Bertz CT molecular complexity index is 841. The smallest absolute Gasteiger partial charge is 0.242 e. The number of ether oxygens (including phenoxy) is 2. The van der Waals surface area contributed by atoms with Gasteiger partial charge in [-0.2, -0.15) is 0 Å². The van der Waals surface area contributed by atoms with E-state index in [1.807, 2.05) is 50.2 Å². The van der Waals surface area contributed by atoms with Gasteiger partial charge in [0.05, 0.1) is 0 Å². The van der Waals surface area contributed by atoms with E-state index in [2.05, 4.69) is 153 Å². The summed E-state index contributed by atoms with van der Waals surface area (Å²) in [4.78, 5) is 0. The third kappa shape index (κ3) is 7.43. The molecule has 0 bridgehead atoms. The van der Waals surface area contributed by atoms with Gasteiger partial charge in [0.15, 0.2) is 0 Å². The van der Waals surface area contributed by atoms with Crippen LogP contribution in [0.2, 0.25) is 0 Å². The van der Waals surface area contributed by atoms with Crippen molar-refractivity contribution in [2.75, 3.05) is 0 Å². The van der Waals surface area contributed by atoms with E-state index in [0.717, 1.165) is 22.6 Å². The summed E-state index contributed by atoms with van der Waals surface area (Å²) in [6.07, 6.45) is 0. The fourth-order valence-corrected chi connectivity index (χ4v) is 3.61. The van der Waals surface area contributed by atoms with E-state index < -0.39 is 13.3 Å². The second-order valence-corrected chi connectivity index (χ2v) is 22.8. The highest BCUT2D eigenvalue weighted by atomic mass is 79.9. The van der Waals surface area contributed by atoms with E-state index in [1.54, 1.807) is 0 Å². The fraction of sp³-hybridized carbons (Fsp3) is 0.429. The zero-order chi connectivity index (χ0) is 23.9. The summed E-state index contributed by atoms with van der Waals surface area (Å²) in [5.41, 5.74) is 1.93. The predicted octanol–water partition coefficient (Wildman–Crippen LogP) is 10.7. The quantitative estimate of drug-likeness (QED) is 0.246. The lowest BCUT2D eigenvalue weighted by atomic mass is 9.78. The lowest BCUT2D eigenvalue weighted by molar-refractivity contribution is 0.264. The molecule has 172 valence electrons. The summed E-state index contributed by atoms with van der Waals surface area (Å²) in [7, 11) is 0. The number of halogens is 8. The highest BCUT2D eigenvalue weighted by molar-refractivity contribution is 9.30. The molecule has 0 heterocycles. The van der Waals surface area contributed by atoms with Crippen molar-refractivity contribution in [3.8, 4) is 11.5 Å². The monoisotopic (exact) mass is 935 g/mol. The molecule has 0 saturated carbocycles. The molecule has 0 fully saturated rings. The van der Waals surface area contributed by atoms with E-state index in [0.29, 0.717) is 0 Å². The lowest BCUT2D eigenvalue weighted by Crippen LogP contribution is -2.37. The summed E-state index contributed by atoms with van der Waals surface area (Å²) in [5.74, 6) is 1.46. The molecule has 10 heteroatoms. The second kappa shape index (κ2) is 10.5. The van der Waals surface area contributed by atoms with Crippen molar-refractivity contribution in [3.63, 3.8) is 0 Å². The number of hydrogen-bond donors (Lipinski definition) is 0. The summed E-state index contributed by atoms with van der Waals surface area (Å²) < 4.78 is 9.59. The Morgan fingerprint density at radius 2 is 0.871 bits per heavy atom. The highest BCUT2D eigenvalue weighted by Crippen LogP contribution is 2.50. The van der Waals surface area contributed by atoms with E-state index in [9.17, 15) is 0 Å². The fourth-order valence-electron chi connectivity index (χ4n) is 2.54. The minimum Gasteiger partial charge on any atom is -0.464 e. The van der Waals surface area contributed by atoms with Crippen molar-refractivity contribution in [1.29, 1.82) is 0 Å². The minimum absolute atomic E-state index is 0.292. The van der Waals surface area contributed by atoms with Gasteiger partial charge >= 0.3 is 0 Å². The van der Waals surface area contributed by atoms with Gasteiger partial charge in [-0.3, -0.25) is 0 Å². The summed E-state index contributed by atoms with van der Waals surface area (Å²) >= 11 is 28.6. The molecule has 0 aromatic heterocycles. The Kier molecular flexibility index (Phi) is 9.83. The molecule has 2 aromatic rings. The molecule has 0 unspecified atom stereocenters. The van der Waals surface area contributed by atoms with Crippen LogP contribution in [0.3, 0.4) is 0 Å². The number of rotatable bonds is 8. The molecule has 2 aromatic carbocycles. The van der Waals surface area contributed by atoms with Crippen LogP contribution in [-0.4, -0.2) is 13.3 Å². The Hall–Kier alpha value is 1.88. The average molecular weight is 944 g/mol. The highest BCUT2D eigenvalue weighted by Gasteiger charge is 2.44. The molecule has 0 amide bonds. The van der Waals surface area contributed by atoms with Crippen LogP contribution >= 0.6 is 127 Å². The number of alkyl halides is 8. The van der Waals surface area contributed by atoms with Crippen molar-refractivity contribution in [2.45, 2.75) is 46.4 Å². The zero-order valence-electron chi connectivity index (χ0n) is 17.0. The Morgan fingerprint density at radius 1 is 0.548 bits per heavy atom. The first-order valence-corrected chi connectivity index (χ1v) is 15.3. The van der Waals surface area contributed by atoms with Gasteiger partial charge in [-0.25, -0.2) is 0 Å². The molecule has 0 aliphatic heterocycles. The first kappa shape index (κ1) is 29.1. The second-order valence-electron chi connectivity index (χ2n) is 7.70. The van der Waals surface area contributed by atoms with Crippen molar-refractivity contribution < 1.29 is 9.47 Å². The molecule has 0 aliphatic rings. The topological polar surface area (TPSA) is 18.5 Å². The third-order valence-corrected chi connectivity index (χ3v) is 14.9. The molecule has 0 N–H and O–H groups in total. The average Bonchev–Trinajstić information content (AvgIpc) is 2.59. The molecular formula is C21H20Br8O2. The van der Waals surface area contributed by atoms with Gasteiger partial charge in [-0.15, -0.1) is 0 Å². The molecule has 0 radical (unpaired) electrons. The Balaban J connectivity index is 2.36. The number of hydrogen-bond acceptors (Lipinski definition) is 2. The van der Waals surface area contributed by atoms with Gasteiger partial charge in [0, 0.05) is 5.41 Å².